The Morgan fingerprint density at radius 1 is 1.39 bits per heavy atom. The predicted molar refractivity (Wildman–Crippen MR) is 77.3 cm³/mol. The van der Waals surface area contributed by atoms with Gasteiger partial charge >= 0.3 is 0 Å². The van der Waals surface area contributed by atoms with E-state index in [2.05, 4.69) is 43.8 Å². The molecule has 102 valence electrons. The maximum Gasteiger partial charge on any atom is 0.0511 e. The molecule has 1 heterocycles. The van der Waals surface area contributed by atoms with Crippen LogP contribution in [0.15, 0.2) is 24.5 Å². The molecule has 0 bridgehead atoms. The molecule has 0 amide bonds. The zero-order valence-electron chi connectivity index (χ0n) is 12.1. The van der Waals surface area contributed by atoms with Gasteiger partial charge in [0.15, 0.2) is 0 Å². The van der Waals surface area contributed by atoms with E-state index in [0.717, 1.165) is 18.9 Å². The highest BCUT2D eigenvalue weighted by Gasteiger charge is 2.23. The first-order valence-electron chi connectivity index (χ1n) is 6.92. The van der Waals surface area contributed by atoms with Crippen molar-refractivity contribution < 1.29 is 0 Å². The van der Waals surface area contributed by atoms with Crippen molar-refractivity contribution >= 4 is 0 Å². The third kappa shape index (κ3) is 4.39. The summed E-state index contributed by atoms with van der Waals surface area (Å²) in [6.07, 6.45) is 5.92. The van der Waals surface area contributed by atoms with Crippen molar-refractivity contribution in [3.8, 4) is 0 Å². The second kappa shape index (κ2) is 7.49. The zero-order valence-corrected chi connectivity index (χ0v) is 12.1. The molecular formula is C15H27N3. The topological polar surface area (TPSA) is 42.1 Å². The van der Waals surface area contributed by atoms with Crippen molar-refractivity contribution in [1.29, 1.82) is 0 Å². The number of nitrogens with zero attached hydrogens (tertiary/aromatic N) is 2. The zero-order chi connectivity index (χ0) is 13.5. The first-order chi connectivity index (χ1) is 8.56. The highest BCUT2D eigenvalue weighted by Crippen LogP contribution is 2.23. The van der Waals surface area contributed by atoms with Crippen LogP contribution in [0.4, 0.5) is 0 Å². The van der Waals surface area contributed by atoms with E-state index in [0.29, 0.717) is 0 Å². The van der Waals surface area contributed by atoms with Crippen LogP contribution in [0.1, 0.15) is 45.2 Å². The molecule has 0 aromatic carbocycles. The summed E-state index contributed by atoms with van der Waals surface area (Å²) in [5, 5.41) is 0. The standard InChI is InChI=1S/C15H27N3/c1-5-14(16)15(13-7-6-9-17-11-13)18(4)10-8-12(2)3/h6-7,9,11-12,14-15H,5,8,10,16H2,1-4H3. The fraction of sp³-hybridized carbons (Fsp3) is 0.667. The van der Waals surface area contributed by atoms with Crippen LogP contribution in [0.3, 0.4) is 0 Å². The number of pyridine rings is 1. The molecule has 0 spiro atoms. The molecule has 3 nitrogen and oxygen atoms in total. The van der Waals surface area contributed by atoms with E-state index in [1.54, 1.807) is 0 Å². The Bertz CT molecular complexity index is 324. The number of aromatic nitrogens is 1. The normalized spacial score (nSPS) is 15.1. The molecular weight excluding hydrogens is 222 g/mol. The minimum Gasteiger partial charge on any atom is -0.326 e. The van der Waals surface area contributed by atoms with Gasteiger partial charge in [-0.05, 0) is 44.0 Å². The molecule has 18 heavy (non-hydrogen) atoms. The Kier molecular flexibility index (Phi) is 6.30. The number of likely N-dealkylation sites (N-methyl/N-ethyl adjacent to an activating group) is 1. The monoisotopic (exact) mass is 249 g/mol. The summed E-state index contributed by atoms with van der Waals surface area (Å²) in [5.41, 5.74) is 7.51. The lowest BCUT2D eigenvalue weighted by Crippen LogP contribution is -2.39. The molecule has 0 saturated carbocycles. The Balaban J connectivity index is 2.78. The van der Waals surface area contributed by atoms with Crippen LogP contribution < -0.4 is 5.73 Å². The van der Waals surface area contributed by atoms with Gasteiger partial charge in [-0.3, -0.25) is 9.88 Å². The van der Waals surface area contributed by atoms with E-state index < -0.39 is 0 Å². The first kappa shape index (κ1) is 15.1. The molecule has 0 saturated heterocycles. The lowest BCUT2D eigenvalue weighted by molar-refractivity contribution is 0.199. The van der Waals surface area contributed by atoms with Crippen LogP contribution in [-0.4, -0.2) is 29.5 Å². The van der Waals surface area contributed by atoms with E-state index in [-0.39, 0.29) is 12.1 Å². The second-order valence-electron chi connectivity index (χ2n) is 5.47. The maximum atomic E-state index is 6.29. The fourth-order valence-corrected chi connectivity index (χ4v) is 2.20. The summed E-state index contributed by atoms with van der Waals surface area (Å²) in [7, 11) is 2.16. The molecule has 2 unspecified atom stereocenters. The molecule has 1 rings (SSSR count). The smallest absolute Gasteiger partial charge is 0.0511 e. The van der Waals surface area contributed by atoms with E-state index in [9.17, 15) is 0 Å². The van der Waals surface area contributed by atoms with Gasteiger partial charge in [0.25, 0.3) is 0 Å². The van der Waals surface area contributed by atoms with Gasteiger partial charge in [0.05, 0.1) is 6.04 Å². The molecule has 1 aromatic heterocycles. The van der Waals surface area contributed by atoms with Gasteiger partial charge < -0.3 is 5.73 Å². The quantitative estimate of drug-likeness (QED) is 0.808. The number of nitrogens with two attached hydrogens (primary N) is 1. The molecule has 3 heteroatoms. The third-order valence-corrected chi connectivity index (χ3v) is 3.44. The molecule has 2 N–H and O–H groups in total. The van der Waals surface area contributed by atoms with E-state index in [1.165, 1.54) is 12.0 Å². The van der Waals surface area contributed by atoms with Gasteiger partial charge in [0, 0.05) is 18.4 Å². The number of hydrogen-bond donors (Lipinski definition) is 1. The molecule has 0 fully saturated rings. The van der Waals surface area contributed by atoms with Gasteiger partial charge in [-0.15, -0.1) is 0 Å². The summed E-state index contributed by atoms with van der Waals surface area (Å²) < 4.78 is 0. The molecule has 1 aromatic rings. The molecule has 0 radical (unpaired) electrons. The van der Waals surface area contributed by atoms with Crippen molar-refractivity contribution in [3.05, 3.63) is 30.1 Å². The summed E-state index contributed by atoms with van der Waals surface area (Å²) in [5.74, 6) is 0.722. The Labute approximate surface area is 111 Å². The fourth-order valence-electron chi connectivity index (χ4n) is 2.20. The Morgan fingerprint density at radius 3 is 2.61 bits per heavy atom. The van der Waals surface area contributed by atoms with Crippen molar-refractivity contribution in [2.45, 2.75) is 45.7 Å². The highest BCUT2D eigenvalue weighted by molar-refractivity contribution is 5.16. The Hall–Kier alpha value is -0.930. The van der Waals surface area contributed by atoms with Crippen LogP contribution in [0, 0.1) is 5.92 Å². The Morgan fingerprint density at radius 2 is 2.11 bits per heavy atom. The minimum atomic E-state index is 0.159. The third-order valence-electron chi connectivity index (χ3n) is 3.44. The molecule has 0 aliphatic rings. The minimum absolute atomic E-state index is 0.159. The van der Waals surface area contributed by atoms with Crippen LogP contribution in [0.25, 0.3) is 0 Å². The van der Waals surface area contributed by atoms with Crippen molar-refractivity contribution in [3.63, 3.8) is 0 Å². The first-order valence-corrected chi connectivity index (χ1v) is 6.92. The van der Waals surface area contributed by atoms with Crippen LogP contribution in [0.2, 0.25) is 0 Å². The van der Waals surface area contributed by atoms with Crippen molar-refractivity contribution in [2.75, 3.05) is 13.6 Å². The predicted octanol–water partition coefficient (Wildman–Crippen LogP) is 2.84. The van der Waals surface area contributed by atoms with E-state index >= 15 is 0 Å². The van der Waals surface area contributed by atoms with Gasteiger partial charge in [-0.1, -0.05) is 26.8 Å². The summed E-state index contributed by atoms with van der Waals surface area (Å²) in [6, 6.07) is 4.54. The van der Waals surface area contributed by atoms with Crippen LogP contribution >= 0.6 is 0 Å². The second-order valence-corrected chi connectivity index (χ2v) is 5.47. The van der Waals surface area contributed by atoms with Gasteiger partial charge in [0.2, 0.25) is 0 Å². The number of rotatable bonds is 7. The van der Waals surface area contributed by atoms with Crippen LogP contribution in [-0.2, 0) is 0 Å². The SMILES string of the molecule is CCC(N)C(c1cccnc1)N(C)CCC(C)C. The lowest BCUT2D eigenvalue weighted by Gasteiger charge is -2.33. The summed E-state index contributed by atoms with van der Waals surface area (Å²) >= 11 is 0. The van der Waals surface area contributed by atoms with E-state index in [1.807, 2.05) is 18.5 Å². The highest BCUT2D eigenvalue weighted by atomic mass is 15.1. The largest absolute Gasteiger partial charge is 0.326 e. The van der Waals surface area contributed by atoms with Gasteiger partial charge in [0.1, 0.15) is 0 Å². The van der Waals surface area contributed by atoms with Crippen LogP contribution in [0.5, 0.6) is 0 Å². The average molecular weight is 249 g/mol. The average Bonchev–Trinajstić information content (AvgIpc) is 2.37. The van der Waals surface area contributed by atoms with Gasteiger partial charge in [-0.25, -0.2) is 0 Å². The summed E-state index contributed by atoms with van der Waals surface area (Å²) in [4.78, 5) is 6.58. The number of hydrogen-bond acceptors (Lipinski definition) is 3. The lowest BCUT2D eigenvalue weighted by atomic mass is 9.97. The summed E-state index contributed by atoms with van der Waals surface area (Å²) in [6.45, 7) is 7.73. The van der Waals surface area contributed by atoms with Gasteiger partial charge in [-0.2, -0.15) is 0 Å². The maximum absolute atomic E-state index is 6.29. The molecule has 0 aliphatic heterocycles. The molecule has 2 atom stereocenters. The van der Waals surface area contributed by atoms with E-state index in [4.69, 9.17) is 5.73 Å². The molecule has 0 aliphatic carbocycles. The van der Waals surface area contributed by atoms with Crippen molar-refractivity contribution in [2.24, 2.45) is 11.7 Å². The van der Waals surface area contributed by atoms with Crippen molar-refractivity contribution in [1.82, 2.24) is 9.88 Å².